The van der Waals surface area contributed by atoms with Gasteiger partial charge in [-0.1, -0.05) is 55.8 Å². The van der Waals surface area contributed by atoms with Gasteiger partial charge in [0.25, 0.3) is 0 Å². The van der Waals surface area contributed by atoms with Gasteiger partial charge in [-0.3, -0.25) is 4.90 Å². The molecule has 1 atom stereocenters. The summed E-state index contributed by atoms with van der Waals surface area (Å²) < 4.78 is 0. The van der Waals surface area contributed by atoms with E-state index in [-0.39, 0.29) is 6.04 Å². The van der Waals surface area contributed by atoms with Crippen LogP contribution in [0.5, 0.6) is 5.75 Å². The first-order valence-electron chi connectivity index (χ1n) is 9.08. The summed E-state index contributed by atoms with van der Waals surface area (Å²) in [6.07, 6.45) is 2.56. The van der Waals surface area contributed by atoms with Crippen molar-refractivity contribution in [2.75, 3.05) is 32.7 Å². The van der Waals surface area contributed by atoms with Crippen LogP contribution < -0.4 is 0 Å². The molecule has 0 spiro atoms. The fourth-order valence-electron chi connectivity index (χ4n) is 3.53. The topological polar surface area (TPSA) is 26.7 Å². The number of hydrogen-bond donors (Lipinski definition) is 1. The van der Waals surface area contributed by atoms with Gasteiger partial charge in [0, 0.05) is 26.2 Å². The van der Waals surface area contributed by atoms with E-state index in [9.17, 15) is 5.11 Å². The molecule has 3 heteroatoms. The molecule has 1 unspecified atom stereocenters. The van der Waals surface area contributed by atoms with Crippen LogP contribution in [-0.2, 0) is 0 Å². The Bertz CT molecular complexity index is 603. The number of nitrogens with zero attached hydrogens (tertiary/aromatic N) is 2. The average molecular weight is 324 g/mol. The van der Waals surface area contributed by atoms with Gasteiger partial charge in [-0.15, -0.1) is 0 Å². The Morgan fingerprint density at radius 3 is 2.12 bits per heavy atom. The molecule has 128 valence electrons. The van der Waals surface area contributed by atoms with E-state index in [1.165, 1.54) is 30.5 Å². The molecule has 0 saturated carbocycles. The van der Waals surface area contributed by atoms with E-state index >= 15 is 0 Å². The molecule has 1 heterocycles. The summed E-state index contributed by atoms with van der Waals surface area (Å²) in [4.78, 5) is 5.16. The normalized spacial score (nSPS) is 17.7. The summed E-state index contributed by atoms with van der Waals surface area (Å²) in [6.45, 7) is 7.93. The molecule has 3 nitrogen and oxygen atoms in total. The summed E-state index contributed by atoms with van der Waals surface area (Å²) in [7, 11) is 0. The Hall–Kier alpha value is -1.84. The van der Waals surface area contributed by atoms with Crippen LogP contribution in [0.25, 0.3) is 0 Å². The first-order valence-corrected chi connectivity index (χ1v) is 9.08. The number of aromatic hydroxyl groups is 1. The highest BCUT2D eigenvalue weighted by Crippen LogP contribution is 2.30. The number of piperazine rings is 1. The fourth-order valence-corrected chi connectivity index (χ4v) is 3.53. The average Bonchev–Trinajstić information content (AvgIpc) is 2.64. The number of phenolic OH excluding ortho intramolecular Hbond substituents is 1. The minimum absolute atomic E-state index is 0.264. The number of rotatable bonds is 6. The third-order valence-corrected chi connectivity index (χ3v) is 4.92. The second-order valence-corrected chi connectivity index (χ2v) is 6.64. The molecule has 2 aromatic rings. The maximum absolute atomic E-state index is 9.62. The van der Waals surface area contributed by atoms with Crippen LogP contribution in [0.15, 0.2) is 54.6 Å². The maximum Gasteiger partial charge on any atom is 0.115 e. The number of hydrogen-bond acceptors (Lipinski definition) is 3. The molecule has 2 aromatic carbocycles. The van der Waals surface area contributed by atoms with E-state index in [2.05, 4.69) is 59.2 Å². The third kappa shape index (κ3) is 4.16. The van der Waals surface area contributed by atoms with Crippen LogP contribution >= 0.6 is 0 Å². The second-order valence-electron chi connectivity index (χ2n) is 6.64. The van der Waals surface area contributed by atoms with Gasteiger partial charge in [-0.2, -0.15) is 0 Å². The molecule has 0 aromatic heterocycles. The van der Waals surface area contributed by atoms with Gasteiger partial charge >= 0.3 is 0 Å². The van der Waals surface area contributed by atoms with Crippen molar-refractivity contribution in [1.82, 2.24) is 9.80 Å². The number of benzene rings is 2. The highest BCUT2D eigenvalue weighted by Gasteiger charge is 2.26. The van der Waals surface area contributed by atoms with Crippen molar-refractivity contribution in [2.45, 2.75) is 25.8 Å². The van der Waals surface area contributed by atoms with Crippen LogP contribution in [-0.4, -0.2) is 47.6 Å². The molecule has 0 bridgehead atoms. The minimum atomic E-state index is 0.264. The predicted octanol–water partition coefficient (Wildman–Crippen LogP) is 3.90. The molecule has 1 aliphatic heterocycles. The van der Waals surface area contributed by atoms with Gasteiger partial charge in [-0.25, -0.2) is 0 Å². The highest BCUT2D eigenvalue weighted by molar-refractivity contribution is 5.35. The van der Waals surface area contributed by atoms with Crippen LogP contribution in [0.1, 0.15) is 36.9 Å². The van der Waals surface area contributed by atoms with E-state index in [0.29, 0.717) is 5.75 Å². The monoisotopic (exact) mass is 324 g/mol. The largest absolute Gasteiger partial charge is 0.508 e. The zero-order chi connectivity index (χ0) is 16.8. The summed E-state index contributed by atoms with van der Waals surface area (Å²) >= 11 is 0. The van der Waals surface area contributed by atoms with Gasteiger partial charge in [-0.05, 0) is 36.2 Å². The van der Waals surface area contributed by atoms with Gasteiger partial charge in [0.15, 0.2) is 0 Å². The first kappa shape index (κ1) is 17.0. The lowest BCUT2D eigenvalue weighted by Crippen LogP contribution is -2.48. The molecule has 0 amide bonds. The molecule has 0 aliphatic carbocycles. The van der Waals surface area contributed by atoms with Crippen LogP contribution in [0.3, 0.4) is 0 Å². The van der Waals surface area contributed by atoms with Crippen LogP contribution in [0.4, 0.5) is 0 Å². The molecule has 1 N–H and O–H groups in total. The quantitative estimate of drug-likeness (QED) is 0.873. The van der Waals surface area contributed by atoms with Crippen molar-refractivity contribution in [3.05, 3.63) is 65.7 Å². The Balaban J connectivity index is 1.77. The van der Waals surface area contributed by atoms with E-state index in [1.807, 2.05) is 0 Å². The van der Waals surface area contributed by atoms with Crippen molar-refractivity contribution in [2.24, 2.45) is 0 Å². The smallest absolute Gasteiger partial charge is 0.115 e. The van der Waals surface area contributed by atoms with Crippen molar-refractivity contribution in [1.29, 1.82) is 0 Å². The fraction of sp³-hybridized carbons (Fsp3) is 0.429. The van der Waals surface area contributed by atoms with Crippen molar-refractivity contribution < 1.29 is 5.11 Å². The Morgan fingerprint density at radius 1 is 0.875 bits per heavy atom. The van der Waals surface area contributed by atoms with Crippen LogP contribution in [0.2, 0.25) is 0 Å². The Labute approximate surface area is 145 Å². The van der Waals surface area contributed by atoms with Crippen molar-refractivity contribution in [3.8, 4) is 5.75 Å². The lowest BCUT2D eigenvalue weighted by atomic mass is 9.96. The van der Waals surface area contributed by atoms with Crippen molar-refractivity contribution >= 4 is 0 Å². The van der Waals surface area contributed by atoms with Gasteiger partial charge in [0.2, 0.25) is 0 Å². The zero-order valence-electron chi connectivity index (χ0n) is 14.6. The maximum atomic E-state index is 9.62. The van der Waals surface area contributed by atoms with Crippen LogP contribution in [0, 0.1) is 0 Å². The molecule has 1 aliphatic rings. The summed E-state index contributed by atoms with van der Waals surface area (Å²) in [6, 6.07) is 18.7. The molecule has 24 heavy (non-hydrogen) atoms. The second kappa shape index (κ2) is 8.32. The van der Waals surface area contributed by atoms with E-state index in [0.717, 1.165) is 26.2 Å². The summed E-state index contributed by atoms with van der Waals surface area (Å²) in [5.41, 5.74) is 2.58. The molecular weight excluding hydrogens is 296 g/mol. The zero-order valence-corrected chi connectivity index (χ0v) is 14.6. The van der Waals surface area contributed by atoms with Gasteiger partial charge in [0.1, 0.15) is 5.75 Å². The Kier molecular flexibility index (Phi) is 5.89. The molecule has 1 fully saturated rings. The standard InChI is InChI=1S/C21H28N2O/c1-2-3-13-22-14-16-23(17-15-22)21(18-7-5-4-6-8-18)19-9-11-20(24)12-10-19/h4-12,21,24H,2-3,13-17H2,1H3. The SMILES string of the molecule is CCCCN1CCN(C(c2ccccc2)c2ccc(O)cc2)CC1. The molecule has 3 rings (SSSR count). The van der Waals surface area contributed by atoms with E-state index in [4.69, 9.17) is 0 Å². The number of phenols is 1. The third-order valence-electron chi connectivity index (χ3n) is 4.92. The minimum Gasteiger partial charge on any atom is -0.508 e. The molecule has 1 saturated heterocycles. The van der Waals surface area contributed by atoms with Gasteiger partial charge < -0.3 is 10.0 Å². The summed E-state index contributed by atoms with van der Waals surface area (Å²) in [5, 5.41) is 9.62. The predicted molar refractivity (Wildman–Crippen MR) is 99.3 cm³/mol. The molecule has 0 radical (unpaired) electrons. The lowest BCUT2D eigenvalue weighted by molar-refractivity contribution is 0.108. The number of unbranched alkanes of at least 4 members (excludes halogenated alkanes) is 1. The van der Waals surface area contributed by atoms with Crippen molar-refractivity contribution in [3.63, 3.8) is 0 Å². The van der Waals surface area contributed by atoms with Gasteiger partial charge in [0.05, 0.1) is 6.04 Å². The first-order chi connectivity index (χ1) is 11.8. The lowest BCUT2D eigenvalue weighted by Gasteiger charge is -2.39. The van der Waals surface area contributed by atoms with E-state index < -0.39 is 0 Å². The Morgan fingerprint density at radius 2 is 1.50 bits per heavy atom. The molecular formula is C21H28N2O. The summed E-state index contributed by atoms with van der Waals surface area (Å²) in [5.74, 6) is 0.329. The van der Waals surface area contributed by atoms with E-state index in [1.54, 1.807) is 12.1 Å². The highest BCUT2D eigenvalue weighted by atomic mass is 16.3.